The normalized spacial score (nSPS) is 23.5. The van der Waals surface area contributed by atoms with E-state index in [4.69, 9.17) is 5.11 Å². The van der Waals surface area contributed by atoms with E-state index in [0.717, 1.165) is 12.3 Å². The first-order valence-corrected chi connectivity index (χ1v) is 5.47. The molecule has 0 saturated heterocycles. The van der Waals surface area contributed by atoms with Crippen molar-refractivity contribution in [3.05, 3.63) is 0 Å². The van der Waals surface area contributed by atoms with Crippen LogP contribution in [0.2, 0.25) is 0 Å². The molecule has 1 rings (SSSR count). The lowest BCUT2D eigenvalue weighted by Gasteiger charge is -2.14. The van der Waals surface area contributed by atoms with E-state index in [9.17, 15) is 0 Å². The second-order valence-corrected chi connectivity index (χ2v) is 4.28. The second-order valence-electron chi connectivity index (χ2n) is 4.28. The van der Waals surface area contributed by atoms with Crippen molar-refractivity contribution in [2.75, 3.05) is 0 Å². The fourth-order valence-corrected chi connectivity index (χ4v) is 2.13. The zero-order valence-corrected chi connectivity index (χ0v) is 8.26. The van der Waals surface area contributed by atoms with Crippen LogP contribution in [0, 0.1) is 5.92 Å². The van der Waals surface area contributed by atoms with Crippen LogP contribution in [-0.2, 0) is 0 Å². The molecule has 0 aliphatic heterocycles. The molecule has 0 heterocycles. The molecule has 0 aromatic rings. The summed E-state index contributed by atoms with van der Waals surface area (Å²) in [5.41, 5.74) is 0. The van der Waals surface area contributed by atoms with E-state index >= 15 is 0 Å². The van der Waals surface area contributed by atoms with Gasteiger partial charge in [0.2, 0.25) is 0 Å². The minimum absolute atomic E-state index is 0.0896. The second kappa shape index (κ2) is 5.58. The number of hydrogen-bond donors (Lipinski definition) is 1. The molecule has 0 aromatic carbocycles. The van der Waals surface area contributed by atoms with Gasteiger partial charge in [0.25, 0.3) is 0 Å². The molecule has 1 atom stereocenters. The summed E-state index contributed by atoms with van der Waals surface area (Å²) in [6.07, 6.45) is 10.7. The lowest BCUT2D eigenvalue weighted by atomic mass is 9.94. The van der Waals surface area contributed by atoms with Crippen LogP contribution in [0.1, 0.15) is 58.3 Å². The molecule has 1 fully saturated rings. The molecule has 0 spiro atoms. The van der Waals surface area contributed by atoms with Gasteiger partial charge in [-0.2, -0.15) is 0 Å². The van der Waals surface area contributed by atoms with Gasteiger partial charge in [-0.3, -0.25) is 0 Å². The minimum Gasteiger partial charge on any atom is -0.393 e. The monoisotopic (exact) mass is 170 g/mol. The zero-order chi connectivity index (χ0) is 8.81. The Labute approximate surface area is 76.2 Å². The Bertz CT molecular complexity index is 102. The molecule has 0 unspecified atom stereocenters. The highest BCUT2D eigenvalue weighted by Crippen LogP contribution is 2.26. The van der Waals surface area contributed by atoms with Gasteiger partial charge in [-0.25, -0.2) is 0 Å². The molecule has 1 aliphatic carbocycles. The minimum atomic E-state index is -0.0896. The Hall–Kier alpha value is -0.0400. The smallest absolute Gasteiger partial charge is 0.0512 e. The summed E-state index contributed by atoms with van der Waals surface area (Å²) in [5, 5.41) is 9.15. The summed E-state index contributed by atoms with van der Waals surface area (Å²) in [7, 11) is 0. The van der Waals surface area contributed by atoms with Crippen molar-refractivity contribution in [1.82, 2.24) is 0 Å². The first kappa shape index (κ1) is 10.0. The van der Waals surface area contributed by atoms with Gasteiger partial charge < -0.3 is 5.11 Å². The molecule has 1 heteroatoms. The molecule has 12 heavy (non-hydrogen) atoms. The quantitative estimate of drug-likeness (QED) is 0.645. The van der Waals surface area contributed by atoms with Crippen molar-refractivity contribution in [2.45, 2.75) is 64.4 Å². The number of rotatable bonds is 3. The zero-order valence-electron chi connectivity index (χ0n) is 8.26. The molecule has 0 aromatic heterocycles. The molecule has 1 nitrogen and oxygen atoms in total. The highest BCUT2D eigenvalue weighted by Gasteiger charge is 2.12. The lowest BCUT2D eigenvalue weighted by molar-refractivity contribution is 0.171. The first-order valence-electron chi connectivity index (χ1n) is 5.47. The molecule has 0 bridgehead atoms. The van der Waals surface area contributed by atoms with Crippen LogP contribution in [-0.4, -0.2) is 11.2 Å². The van der Waals surface area contributed by atoms with Gasteiger partial charge in [0.05, 0.1) is 6.10 Å². The predicted molar refractivity (Wildman–Crippen MR) is 52.1 cm³/mol. The van der Waals surface area contributed by atoms with Crippen LogP contribution in [0.4, 0.5) is 0 Å². The molecule has 72 valence electrons. The van der Waals surface area contributed by atoms with Crippen molar-refractivity contribution in [3.8, 4) is 0 Å². The predicted octanol–water partition coefficient (Wildman–Crippen LogP) is 3.12. The van der Waals surface area contributed by atoms with Crippen molar-refractivity contribution >= 4 is 0 Å². The third-order valence-corrected chi connectivity index (χ3v) is 2.97. The first-order chi connectivity index (χ1) is 5.79. The highest BCUT2D eigenvalue weighted by molar-refractivity contribution is 4.65. The van der Waals surface area contributed by atoms with E-state index in [0.29, 0.717) is 0 Å². The maximum atomic E-state index is 9.15. The summed E-state index contributed by atoms with van der Waals surface area (Å²) < 4.78 is 0. The van der Waals surface area contributed by atoms with E-state index in [-0.39, 0.29) is 6.10 Å². The van der Waals surface area contributed by atoms with E-state index in [2.05, 4.69) is 0 Å². The van der Waals surface area contributed by atoms with E-state index in [1.807, 2.05) is 6.92 Å². The van der Waals surface area contributed by atoms with Crippen LogP contribution < -0.4 is 0 Å². The fourth-order valence-electron chi connectivity index (χ4n) is 2.13. The summed E-state index contributed by atoms with van der Waals surface area (Å²) in [4.78, 5) is 0. The SMILES string of the molecule is C[C@H](O)CCC1CCCCCC1. The van der Waals surface area contributed by atoms with Crippen molar-refractivity contribution in [2.24, 2.45) is 5.92 Å². The largest absolute Gasteiger partial charge is 0.393 e. The summed E-state index contributed by atoms with van der Waals surface area (Å²) in [5.74, 6) is 0.919. The van der Waals surface area contributed by atoms with Crippen molar-refractivity contribution in [3.63, 3.8) is 0 Å². The topological polar surface area (TPSA) is 20.2 Å². The average molecular weight is 170 g/mol. The van der Waals surface area contributed by atoms with Gasteiger partial charge in [0.1, 0.15) is 0 Å². The molecule has 1 saturated carbocycles. The summed E-state index contributed by atoms with van der Waals surface area (Å²) >= 11 is 0. The maximum absolute atomic E-state index is 9.15. The van der Waals surface area contributed by atoms with Gasteiger partial charge in [0.15, 0.2) is 0 Å². The lowest BCUT2D eigenvalue weighted by Crippen LogP contribution is -2.05. The highest BCUT2D eigenvalue weighted by atomic mass is 16.3. The Morgan fingerprint density at radius 3 is 2.25 bits per heavy atom. The standard InChI is InChI=1S/C11H22O/c1-10(12)8-9-11-6-4-2-3-5-7-11/h10-12H,2-9H2,1H3/t10-/m0/s1. The van der Waals surface area contributed by atoms with Crippen LogP contribution in [0.15, 0.2) is 0 Å². The average Bonchev–Trinajstić information content (AvgIpc) is 2.28. The van der Waals surface area contributed by atoms with Gasteiger partial charge >= 0.3 is 0 Å². The molecule has 1 N–H and O–H groups in total. The van der Waals surface area contributed by atoms with Gasteiger partial charge in [0, 0.05) is 0 Å². The maximum Gasteiger partial charge on any atom is 0.0512 e. The molecule has 1 aliphatic rings. The molecular formula is C11H22O. The van der Waals surface area contributed by atoms with E-state index in [1.165, 1.54) is 44.9 Å². The van der Waals surface area contributed by atoms with Crippen molar-refractivity contribution in [1.29, 1.82) is 0 Å². The Balaban J connectivity index is 2.12. The fraction of sp³-hybridized carbons (Fsp3) is 1.00. The van der Waals surface area contributed by atoms with Crippen LogP contribution in [0.25, 0.3) is 0 Å². The Morgan fingerprint density at radius 2 is 1.75 bits per heavy atom. The summed E-state index contributed by atoms with van der Waals surface area (Å²) in [6.45, 7) is 1.90. The Morgan fingerprint density at radius 1 is 1.17 bits per heavy atom. The summed E-state index contributed by atoms with van der Waals surface area (Å²) in [6, 6.07) is 0. The third-order valence-electron chi connectivity index (χ3n) is 2.97. The Kier molecular flexibility index (Phi) is 4.67. The van der Waals surface area contributed by atoms with Crippen LogP contribution in [0.3, 0.4) is 0 Å². The third kappa shape index (κ3) is 4.10. The van der Waals surface area contributed by atoms with Gasteiger partial charge in [-0.15, -0.1) is 0 Å². The van der Waals surface area contributed by atoms with Crippen LogP contribution >= 0.6 is 0 Å². The van der Waals surface area contributed by atoms with E-state index < -0.39 is 0 Å². The van der Waals surface area contributed by atoms with Crippen molar-refractivity contribution < 1.29 is 5.11 Å². The van der Waals surface area contributed by atoms with E-state index in [1.54, 1.807) is 0 Å². The molecule has 0 amide bonds. The number of aliphatic hydroxyl groups excluding tert-OH is 1. The van der Waals surface area contributed by atoms with Gasteiger partial charge in [-0.1, -0.05) is 38.5 Å². The van der Waals surface area contributed by atoms with Crippen LogP contribution in [0.5, 0.6) is 0 Å². The number of aliphatic hydroxyl groups is 1. The number of hydrogen-bond acceptors (Lipinski definition) is 1. The molecular weight excluding hydrogens is 148 g/mol. The van der Waals surface area contributed by atoms with Gasteiger partial charge in [-0.05, 0) is 25.7 Å². The molecule has 0 radical (unpaired) electrons.